The number of aromatic nitrogens is 3. The number of amides is 1. The Balaban J connectivity index is 1.45. The number of fused-ring (bicyclic) bond motifs is 1. The molecule has 3 aromatic rings. The van der Waals surface area contributed by atoms with Gasteiger partial charge in [0.05, 0.1) is 13.2 Å². The molecule has 162 valence electrons. The molecular formula is C24H28N4O3. The number of pyridine rings is 1. The van der Waals surface area contributed by atoms with Crippen molar-refractivity contribution in [2.24, 2.45) is 0 Å². The van der Waals surface area contributed by atoms with Crippen molar-refractivity contribution in [1.29, 1.82) is 0 Å². The van der Waals surface area contributed by atoms with Gasteiger partial charge in [0, 0.05) is 31.3 Å². The first-order valence-electron chi connectivity index (χ1n) is 10.9. The summed E-state index contributed by atoms with van der Waals surface area (Å²) in [5.74, 6) is 2.51. The van der Waals surface area contributed by atoms with Crippen LogP contribution in [0.25, 0.3) is 11.7 Å². The molecule has 1 atom stereocenters. The number of rotatable bonds is 7. The van der Waals surface area contributed by atoms with Gasteiger partial charge in [-0.1, -0.05) is 12.1 Å². The summed E-state index contributed by atoms with van der Waals surface area (Å²) in [6, 6.07) is 11.6. The second kappa shape index (κ2) is 9.64. The predicted octanol–water partition coefficient (Wildman–Crippen LogP) is 3.95. The van der Waals surface area contributed by atoms with Crippen molar-refractivity contribution in [3.63, 3.8) is 0 Å². The van der Waals surface area contributed by atoms with Gasteiger partial charge in [-0.3, -0.25) is 9.20 Å². The number of hydrogen-bond donors (Lipinski definition) is 0. The van der Waals surface area contributed by atoms with Gasteiger partial charge in [-0.05, 0) is 62.6 Å². The molecule has 0 N–H and O–H groups in total. The molecule has 7 nitrogen and oxygen atoms in total. The zero-order chi connectivity index (χ0) is 21.6. The molecule has 3 heterocycles. The van der Waals surface area contributed by atoms with E-state index in [2.05, 4.69) is 10.2 Å². The van der Waals surface area contributed by atoms with Gasteiger partial charge in [-0.15, -0.1) is 10.2 Å². The summed E-state index contributed by atoms with van der Waals surface area (Å²) in [5, 5.41) is 8.64. The minimum absolute atomic E-state index is 0.00497. The third-order valence-electron chi connectivity index (χ3n) is 5.42. The van der Waals surface area contributed by atoms with Crippen molar-refractivity contribution >= 4 is 17.6 Å². The van der Waals surface area contributed by atoms with Gasteiger partial charge in [-0.2, -0.15) is 0 Å². The molecule has 0 bridgehead atoms. The standard InChI is InChI=1S/C24H28N4O3/c1-3-30-20-12-10-18(16-21(20)31-4-2)11-13-23(29)27-14-7-8-19(17-27)24-26-25-22-9-5-6-15-28(22)24/h5-6,9-13,15-16,19H,3-4,7-8,14,17H2,1-2H3/b13-11+. The van der Waals surface area contributed by atoms with E-state index in [0.717, 1.165) is 36.4 Å². The molecule has 1 saturated heterocycles. The molecule has 2 aromatic heterocycles. The van der Waals surface area contributed by atoms with Gasteiger partial charge in [0.25, 0.3) is 0 Å². The molecule has 1 aromatic carbocycles. The summed E-state index contributed by atoms with van der Waals surface area (Å²) in [7, 11) is 0. The number of likely N-dealkylation sites (tertiary alicyclic amines) is 1. The number of hydrogen-bond acceptors (Lipinski definition) is 5. The Morgan fingerprint density at radius 1 is 1.13 bits per heavy atom. The van der Waals surface area contributed by atoms with E-state index in [1.54, 1.807) is 6.08 Å². The van der Waals surface area contributed by atoms with Crippen molar-refractivity contribution in [3.05, 3.63) is 60.1 Å². The number of carbonyl (C=O) groups excluding carboxylic acids is 1. The molecule has 1 unspecified atom stereocenters. The van der Waals surface area contributed by atoms with Crippen molar-refractivity contribution in [3.8, 4) is 11.5 Å². The Morgan fingerprint density at radius 3 is 2.81 bits per heavy atom. The summed E-state index contributed by atoms with van der Waals surface area (Å²) >= 11 is 0. The van der Waals surface area contributed by atoms with Crippen LogP contribution in [0.4, 0.5) is 0 Å². The van der Waals surface area contributed by atoms with Crippen LogP contribution in [-0.4, -0.2) is 51.7 Å². The fraction of sp³-hybridized carbons (Fsp3) is 0.375. The average molecular weight is 421 g/mol. The monoisotopic (exact) mass is 420 g/mol. The van der Waals surface area contributed by atoms with Crippen LogP contribution in [-0.2, 0) is 4.79 Å². The lowest BCUT2D eigenvalue weighted by molar-refractivity contribution is -0.127. The van der Waals surface area contributed by atoms with Crippen LogP contribution in [0.15, 0.2) is 48.7 Å². The number of piperidine rings is 1. The van der Waals surface area contributed by atoms with Crippen LogP contribution < -0.4 is 9.47 Å². The summed E-state index contributed by atoms with van der Waals surface area (Å²) < 4.78 is 13.3. The van der Waals surface area contributed by atoms with Crippen LogP contribution in [0.1, 0.15) is 44.0 Å². The van der Waals surface area contributed by atoms with Crippen LogP contribution in [0.5, 0.6) is 11.5 Å². The zero-order valence-electron chi connectivity index (χ0n) is 18.0. The van der Waals surface area contributed by atoms with E-state index in [1.807, 2.05) is 71.8 Å². The van der Waals surface area contributed by atoms with E-state index in [0.29, 0.717) is 31.3 Å². The average Bonchev–Trinajstić information content (AvgIpc) is 3.23. The van der Waals surface area contributed by atoms with Crippen molar-refractivity contribution in [1.82, 2.24) is 19.5 Å². The van der Waals surface area contributed by atoms with Crippen LogP contribution in [0.3, 0.4) is 0 Å². The Labute approximate surface area is 182 Å². The van der Waals surface area contributed by atoms with Crippen molar-refractivity contribution in [2.75, 3.05) is 26.3 Å². The van der Waals surface area contributed by atoms with E-state index < -0.39 is 0 Å². The summed E-state index contributed by atoms with van der Waals surface area (Å²) in [6.45, 7) is 6.41. The molecule has 0 saturated carbocycles. The fourth-order valence-corrected chi connectivity index (χ4v) is 3.97. The van der Waals surface area contributed by atoms with Gasteiger partial charge in [0.2, 0.25) is 5.91 Å². The molecule has 1 aliphatic heterocycles. The second-order valence-electron chi connectivity index (χ2n) is 7.52. The van der Waals surface area contributed by atoms with E-state index in [9.17, 15) is 4.79 Å². The lowest BCUT2D eigenvalue weighted by atomic mass is 9.97. The molecule has 31 heavy (non-hydrogen) atoms. The molecule has 1 aliphatic rings. The Morgan fingerprint density at radius 2 is 1.97 bits per heavy atom. The quantitative estimate of drug-likeness (QED) is 0.542. The fourth-order valence-electron chi connectivity index (χ4n) is 3.97. The lowest BCUT2D eigenvalue weighted by Crippen LogP contribution is -2.38. The van der Waals surface area contributed by atoms with Gasteiger partial charge in [0.15, 0.2) is 17.1 Å². The first kappa shape index (κ1) is 20.9. The first-order valence-corrected chi connectivity index (χ1v) is 10.9. The highest BCUT2D eigenvalue weighted by Gasteiger charge is 2.27. The minimum Gasteiger partial charge on any atom is -0.490 e. The first-order chi connectivity index (χ1) is 15.2. The van der Waals surface area contributed by atoms with Crippen molar-refractivity contribution < 1.29 is 14.3 Å². The van der Waals surface area contributed by atoms with E-state index in [-0.39, 0.29) is 11.8 Å². The largest absolute Gasteiger partial charge is 0.490 e. The van der Waals surface area contributed by atoms with Gasteiger partial charge >= 0.3 is 0 Å². The Kier molecular flexibility index (Phi) is 6.50. The third-order valence-corrected chi connectivity index (χ3v) is 5.42. The molecule has 0 spiro atoms. The minimum atomic E-state index is 0.00497. The summed E-state index contributed by atoms with van der Waals surface area (Å²) in [5.41, 5.74) is 1.73. The van der Waals surface area contributed by atoms with E-state index in [1.165, 1.54) is 0 Å². The Bertz CT molecular complexity index is 1080. The number of ether oxygens (including phenoxy) is 2. The highest BCUT2D eigenvalue weighted by atomic mass is 16.5. The molecular weight excluding hydrogens is 392 g/mol. The van der Waals surface area contributed by atoms with E-state index in [4.69, 9.17) is 9.47 Å². The molecule has 1 fully saturated rings. The second-order valence-corrected chi connectivity index (χ2v) is 7.52. The van der Waals surface area contributed by atoms with Crippen LogP contribution >= 0.6 is 0 Å². The van der Waals surface area contributed by atoms with E-state index >= 15 is 0 Å². The normalized spacial score (nSPS) is 16.7. The Hall–Kier alpha value is -3.35. The van der Waals surface area contributed by atoms with Crippen LogP contribution in [0.2, 0.25) is 0 Å². The topological polar surface area (TPSA) is 69.0 Å². The summed E-state index contributed by atoms with van der Waals surface area (Å²) in [4.78, 5) is 14.8. The number of carbonyl (C=O) groups is 1. The zero-order valence-corrected chi connectivity index (χ0v) is 18.0. The molecule has 0 aliphatic carbocycles. The highest BCUT2D eigenvalue weighted by molar-refractivity contribution is 5.92. The maximum atomic E-state index is 12.9. The van der Waals surface area contributed by atoms with Gasteiger partial charge in [-0.25, -0.2) is 0 Å². The molecule has 1 amide bonds. The van der Waals surface area contributed by atoms with Crippen LogP contribution in [0, 0.1) is 0 Å². The summed E-state index contributed by atoms with van der Waals surface area (Å²) in [6.07, 6.45) is 7.39. The molecule has 7 heteroatoms. The molecule has 4 rings (SSSR count). The smallest absolute Gasteiger partial charge is 0.246 e. The molecule has 0 radical (unpaired) electrons. The maximum Gasteiger partial charge on any atom is 0.246 e. The van der Waals surface area contributed by atoms with Crippen molar-refractivity contribution in [2.45, 2.75) is 32.6 Å². The SMILES string of the molecule is CCOc1ccc(/C=C/C(=O)N2CCCC(c3nnc4ccccn34)C2)cc1OCC. The highest BCUT2D eigenvalue weighted by Crippen LogP contribution is 2.29. The third kappa shape index (κ3) is 4.71. The number of benzene rings is 1. The van der Waals surface area contributed by atoms with Gasteiger partial charge in [0.1, 0.15) is 5.82 Å². The van der Waals surface area contributed by atoms with Gasteiger partial charge < -0.3 is 14.4 Å². The predicted molar refractivity (Wildman–Crippen MR) is 119 cm³/mol. The lowest BCUT2D eigenvalue weighted by Gasteiger charge is -2.31. The number of nitrogens with zero attached hydrogens (tertiary/aromatic N) is 4. The maximum absolute atomic E-state index is 12.9.